The first-order chi connectivity index (χ1) is 15.7. The average Bonchev–Trinajstić information content (AvgIpc) is 3.19. The lowest BCUT2D eigenvalue weighted by molar-refractivity contribution is -0.137. The average molecular weight is 496 g/mol. The van der Waals surface area contributed by atoms with E-state index in [0.717, 1.165) is 17.8 Å². The number of ether oxygens (including phenoxy) is 1. The van der Waals surface area contributed by atoms with Gasteiger partial charge in [0.05, 0.1) is 29.1 Å². The van der Waals surface area contributed by atoms with E-state index in [1.54, 1.807) is 11.8 Å². The Morgan fingerprint density at radius 1 is 1.06 bits per heavy atom. The Balaban J connectivity index is 1.52. The van der Waals surface area contributed by atoms with E-state index in [1.165, 1.54) is 6.07 Å². The molecule has 2 heterocycles. The summed E-state index contributed by atoms with van der Waals surface area (Å²) in [7, 11) is 1.59. The molecule has 0 spiro atoms. The molecule has 0 saturated carbocycles. The molecule has 0 amide bonds. The van der Waals surface area contributed by atoms with Gasteiger partial charge in [0.2, 0.25) is 0 Å². The fraction of sp³-hybridized carbons (Fsp3) is 0.318. The third kappa shape index (κ3) is 4.63. The van der Waals surface area contributed by atoms with Crippen LogP contribution in [-0.4, -0.2) is 58.2 Å². The van der Waals surface area contributed by atoms with Crippen molar-refractivity contribution in [1.82, 2.24) is 19.9 Å². The Bertz CT molecular complexity index is 1180. The molecule has 0 aliphatic carbocycles. The van der Waals surface area contributed by atoms with Gasteiger partial charge >= 0.3 is 6.18 Å². The summed E-state index contributed by atoms with van der Waals surface area (Å²) in [6, 6.07) is 10.9. The maximum atomic E-state index is 12.9. The molecule has 0 bridgehead atoms. The lowest BCUT2D eigenvalue weighted by atomic mass is 10.1. The first-order valence-corrected chi connectivity index (χ1v) is 11.0. The summed E-state index contributed by atoms with van der Waals surface area (Å²) in [5.41, 5.74) is 1.94. The molecule has 174 valence electrons. The molecule has 2 aromatic carbocycles. The molecule has 0 atom stereocenters. The molecule has 0 unspecified atom stereocenters. The van der Waals surface area contributed by atoms with Crippen LogP contribution in [0.3, 0.4) is 0 Å². The fourth-order valence-electron chi connectivity index (χ4n) is 3.82. The van der Waals surface area contributed by atoms with Gasteiger partial charge in [0.1, 0.15) is 22.1 Å². The van der Waals surface area contributed by atoms with Crippen molar-refractivity contribution in [3.05, 3.63) is 64.4 Å². The zero-order valence-electron chi connectivity index (χ0n) is 17.9. The Hall–Kier alpha value is -2.85. The quantitative estimate of drug-likeness (QED) is 0.487. The molecule has 1 saturated heterocycles. The number of hydrogen-bond donors (Lipinski definition) is 0. The number of anilines is 1. The van der Waals surface area contributed by atoms with Crippen LogP contribution in [0.15, 0.2) is 42.5 Å². The second kappa shape index (κ2) is 9.18. The van der Waals surface area contributed by atoms with E-state index in [0.29, 0.717) is 54.0 Å². The number of aromatic nitrogens is 3. The zero-order valence-corrected chi connectivity index (χ0v) is 19.5. The van der Waals surface area contributed by atoms with E-state index >= 15 is 0 Å². The summed E-state index contributed by atoms with van der Waals surface area (Å²) in [5, 5.41) is 8.55. The summed E-state index contributed by atoms with van der Waals surface area (Å²) in [6.45, 7) is 4.11. The number of alkyl halides is 3. The number of para-hydroxylation sites is 2. The van der Waals surface area contributed by atoms with Crippen molar-refractivity contribution < 1.29 is 17.9 Å². The maximum absolute atomic E-state index is 12.9. The number of benzene rings is 2. The minimum atomic E-state index is -4.43. The van der Waals surface area contributed by atoms with Gasteiger partial charge < -0.3 is 14.5 Å². The van der Waals surface area contributed by atoms with Crippen LogP contribution in [0.5, 0.6) is 5.75 Å². The van der Waals surface area contributed by atoms with Crippen molar-refractivity contribution in [2.75, 3.05) is 38.2 Å². The summed E-state index contributed by atoms with van der Waals surface area (Å²) in [6.07, 6.45) is -4.43. The maximum Gasteiger partial charge on any atom is 0.416 e. The molecule has 3 aromatic rings. The van der Waals surface area contributed by atoms with Gasteiger partial charge in [-0.3, -0.25) is 0 Å². The number of rotatable bonds is 4. The molecule has 1 aliphatic heterocycles. The molecule has 6 nitrogen and oxygen atoms in total. The van der Waals surface area contributed by atoms with Gasteiger partial charge in [-0.25, -0.2) is 4.68 Å². The first kappa shape index (κ1) is 23.3. The summed E-state index contributed by atoms with van der Waals surface area (Å²) >= 11 is 12.0. The highest BCUT2D eigenvalue weighted by Crippen LogP contribution is 2.35. The Morgan fingerprint density at radius 3 is 2.39 bits per heavy atom. The van der Waals surface area contributed by atoms with Gasteiger partial charge in [-0.05, 0) is 37.3 Å². The first-order valence-electron chi connectivity index (χ1n) is 10.2. The molecule has 4 rings (SSSR count). The van der Waals surface area contributed by atoms with E-state index in [9.17, 15) is 13.2 Å². The Kier molecular flexibility index (Phi) is 6.49. The Labute approximate surface area is 199 Å². The van der Waals surface area contributed by atoms with Crippen LogP contribution < -0.4 is 9.64 Å². The SMILES string of the molecule is COc1ccccc1-n1nnc(C)c1C(=S)N1CCN(c2ccc(C(F)(F)F)cc2Cl)CC1. The normalized spacial score (nSPS) is 14.5. The molecular weight excluding hydrogens is 475 g/mol. The van der Waals surface area contributed by atoms with Crippen molar-refractivity contribution in [2.45, 2.75) is 13.1 Å². The predicted molar refractivity (Wildman–Crippen MR) is 125 cm³/mol. The molecular formula is C22H21ClF3N5OS. The number of aryl methyl sites for hydroxylation is 1. The molecule has 1 aromatic heterocycles. The van der Waals surface area contributed by atoms with Crippen molar-refractivity contribution in [2.24, 2.45) is 0 Å². The van der Waals surface area contributed by atoms with Crippen LogP contribution in [0.2, 0.25) is 5.02 Å². The molecule has 1 fully saturated rings. The summed E-state index contributed by atoms with van der Waals surface area (Å²) in [5.74, 6) is 0.646. The second-order valence-electron chi connectivity index (χ2n) is 7.55. The van der Waals surface area contributed by atoms with Gasteiger partial charge in [0.25, 0.3) is 0 Å². The van der Waals surface area contributed by atoms with Gasteiger partial charge in [-0.2, -0.15) is 13.2 Å². The minimum absolute atomic E-state index is 0.0788. The van der Waals surface area contributed by atoms with Crippen LogP contribution in [0.25, 0.3) is 5.69 Å². The van der Waals surface area contributed by atoms with E-state index in [2.05, 4.69) is 10.3 Å². The van der Waals surface area contributed by atoms with Crippen LogP contribution in [0, 0.1) is 6.92 Å². The van der Waals surface area contributed by atoms with E-state index in [-0.39, 0.29) is 5.02 Å². The fourth-order valence-corrected chi connectivity index (χ4v) is 4.53. The van der Waals surface area contributed by atoms with Crippen molar-refractivity contribution in [3.63, 3.8) is 0 Å². The standard InChI is InChI=1S/C22H21ClF3N5OS/c1-14-20(31(28-27-14)18-5-3-4-6-19(18)32-2)21(33)30-11-9-29(10-12-30)17-8-7-15(13-16(17)23)22(24,25)26/h3-8,13H,9-12H2,1-2H3. The van der Waals surface area contributed by atoms with Gasteiger partial charge in [0, 0.05) is 26.2 Å². The number of hydrogen-bond acceptors (Lipinski definition) is 5. The number of thiocarbonyl (C=S) groups is 1. The number of piperazine rings is 1. The molecule has 1 aliphatic rings. The molecule has 0 radical (unpaired) electrons. The van der Waals surface area contributed by atoms with Gasteiger partial charge in [-0.1, -0.05) is 41.2 Å². The number of halogens is 4. The Morgan fingerprint density at radius 2 is 1.76 bits per heavy atom. The largest absolute Gasteiger partial charge is 0.494 e. The molecule has 0 N–H and O–H groups in total. The highest BCUT2D eigenvalue weighted by Gasteiger charge is 2.32. The van der Waals surface area contributed by atoms with E-state index < -0.39 is 11.7 Å². The third-order valence-electron chi connectivity index (χ3n) is 5.54. The van der Waals surface area contributed by atoms with Gasteiger partial charge in [0.15, 0.2) is 0 Å². The summed E-state index contributed by atoms with van der Waals surface area (Å²) in [4.78, 5) is 4.60. The lowest BCUT2D eigenvalue weighted by Crippen LogP contribution is -2.49. The van der Waals surface area contributed by atoms with Crippen LogP contribution in [0.4, 0.5) is 18.9 Å². The van der Waals surface area contributed by atoms with Crippen molar-refractivity contribution >= 4 is 34.5 Å². The minimum Gasteiger partial charge on any atom is -0.494 e. The summed E-state index contributed by atoms with van der Waals surface area (Å²) < 4.78 is 46.0. The van der Waals surface area contributed by atoms with Crippen molar-refractivity contribution in [1.29, 1.82) is 0 Å². The third-order valence-corrected chi connectivity index (χ3v) is 6.29. The monoisotopic (exact) mass is 495 g/mol. The molecule has 33 heavy (non-hydrogen) atoms. The highest BCUT2D eigenvalue weighted by molar-refractivity contribution is 7.80. The van der Waals surface area contributed by atoms with Crippen LogP contribution in [-0.2, 0) is 6.18 Å². The second-order valence-corrected chi connectivity index (χ2v) is 8.34. The highest BCUT2D eigenvalue weighted by atomic mass is 35.5. The topological polar surface area (TPSA) is 46.4 Å². The number of methoxy groups -OCH3 is 1. The lowest BCUT2D eigenvalue weighted by Gasteiger charge is -2.37. The zero-order chi connectivity index (χ0) is 23.8. The number of nitrogens with zero attached hydrogens (tertiary/aromatic N) is 5. The smallest absolute Gasteiger partial charge is 0.416 e. The van der Waals surface area contributed by atoms with E-state index in [4.69, 9.17) is 28.6 Å². The predicted octanol–water partition coefficient (Wildman–Crippen LogP) is 4.75. The van der Waals surface area contributed by atoms with Crippen molar-refractivity contribution in [3.8, 4) is 11.4 Å². The van der Waals surface area contributed by atoms with E-state index in [1.807, 2.05) is 41.0 Å². The van der Waals surface area contributed by atoms with Crippen LogP contribution in [0.1, 0.15) is 17.0 Å². The van der Waals surface area contributed by atoms with Crippen LogP contribution >= 0.6 is 23.8 Å². The van der Waals surface area contributed by atoms with Gasteiger partial charge in [-0.15, -0.1) is 5.10 Å². The molecule has 11 heteroatoms.